The lowest BCUT2D eigenvalue weighted by Crippen LogP contribution is -2.37. The molecule has 0 saturated heterocycles. The minimum atomic E-state index is -4.13. The van der Waals surface area contributed by atoms with Crippen LogP contribution in [0, 0.1) is 0 Å². The van der Waals surface area contributed by atoms with Crippen LogP contribution in [0.4, 0.5) is 0 Å². The summed E-state index contributed by atoms with van der Waals surface area (Å²) in [5, 5.41) is 0. The fourth-order valence-corrected chi connectivity index (χ4v) is 6.70. The van der Waals surface area contributed by atoms with Crippen LogP contribution in [0.2, 0.25) is 0 Å². The second kappa shape index (κ2) is 10.9. The largest absolute Gasteiger partial charge is 0.531 e. The van der Waals surface area contributed by atoms with E-state index < -0.39 is 19.1 Å². The summed E-state index contributed by atoms with van der Waals surface area (Å²) in [6, 6.07) is 9.08. The van der Waals surface area contributed by atoms with Crippen LogP contribution >= 0.6 is 7.82 Å². The van der Waals surface area contributed by atoms with Crippen molar-refractivity contribution in [2.75, 3.05) is 0 Å². The first-order chi connectivity index (χ1) is 17.8. The number of hydrogen-bond donors (Lipinski definition) is 0. The molecular formula is C26H33N4O6P. The Bertz CT molecular complexity index is 1400. The molecule has 2 fully saturated rings. The van der Waals surface area contributed by atoms with Gasteiger partial charge in [0.15, 0.2) is 11.2 Å². The number of rotatable bonds is 7. The molecule has 0 bridgehead atoms. The molecule has 0 amide bonds. The summed E-state index contributed by atoms with van der Waals surface area (Å²) in [4.78, 5) is 34.6. The van der Waals surface area contributed by atoms with Crippen molar-refractivity contribution >= 4 is 19.0 Å². The maximum absolute atomic E-state index is 14.2. The van der Waals surface area contributed by atoms with Gasteiger partial charge in [0.25, 0.3) is 11.4 Å². The van der Waals surface area contributed by atoms with Crippen molar-refractivity contribution in [3.8, 4) is 17.1 Å². The molecular weight excluding hydrogens is 495 g/mol. The van der Waals surface area contributed by atoms with Crippen LogP contribution in [-0.2, 0) is 27.7 Å². The molecule has 0 unspecified atom stereocenters. The van der Waals surface area contributed by atoms with Gasteiger partial charge in [0, 0.05) is 19.7 Å². The summed E-state index contributed by atoms with van der Waals surface area (Å²) in [6.45, 7) is 0. The predicted molar refractivity (Wildman–Crippen MR) is 140 cm³/mol. The average Bonchev–Trinajstić information content (AvgIpc) is 2.92. The third-order valence-electron chi connectivity index (χ3n) is 7.15. The van der Waals surface area contributed by atoms with Gasteiger partial charge in [-0.1, -0.05) is 68.9 Å². The number of nitrogens with zero attached hydrogens (tertiary/aromatic N) is 4. The van der Waals surface area contributed by atoms with E-state index >= 15 is 0 Å². The van der Waals surface area contributed by atoms with Crippen LogP contribution in [0.15, 0.2) is 39.9 Å². The molecule has 0 atom stereocenters. The highest BCUT2D eigenvalue weighted by atomic mass is 31.2. The zero-order chi connectivity index (χ0) is 26.0. The number of fused-ring (bicyclic) bond motifs is 1. The Kier molecular flexibility index (Phi) is 7.60. The normalized spacial score (nSPS) is 17.8. The van der Waals surface area contributed by atoms with E-state index in [4.69, 9.17) is 13.6 Å². The van der Waals surface area contributed by atoms with Crippen molar-refractivity contribution in [3.05, 3.63) is 51.2 Å². The SMILES string of the molecule is Cn1c(=O)c2nc(-c3ccccc3)c(OP(=O)(OC3CCCCC3)OC3CCCCC3)nc2n(C)c1=O. The fourth-order valence-electron chi connectivity index (χ4n) is 5.08. The summed E-state index contributed by atoms with van der Waals surface area (Å²) >= 11 is 0. The fraction of sp³-hybridized carbons (Fsp3) is 0.538. The van der Waals surface area contributed by atoms with Gasteiger partial charge in [-0.2, -0.15) is 4.98 Å². The molecule has 2 aromatic heterocycles. The Labute approximate surface area is 215 Å². The van der Waals surface area contributed by atoms with Crippen LogP contribution in [0.1, 0.15) is 64.2 Å². The first-order valence-electron chi connectivity index (χ1n) is 13.0. The second-order valence-electron chi connectivity index (χ2n) is 9.89. The molecule has 2 heterocycles. The quantitative estimate of drug-likeness (QED) is 0.399. The molecule has 2 saturated carbocycles. The highest BCUT2D eigenvalue weighted by Crippen LogP contribution is 2.55. The molecule has 10 nitrogen and oxygen atoms in total. The van der Waals surface area contributed by atoms with Gasteiger partial charge in [-0.05, 0) is 25.7 Å². The minimum absolute atomic E-state index is 0.00651. The molecule has 2 aliphatic rings. The van der Waals surface area contributed by atoms with Crippen molar-refractivity contribution in [2.24, 2.45) is 14.1 Å². The Hall–Kier alpha value is -2.81. The van der Waals surface area contributed by atoms with Crippen LogP contribution in [-0.4, -0.2) is 31.3 Å². The lowest BCUT2D eigenvalue weighted by molar-refractivity contribution is 0.0508. The van der Waals surface area contributed by atoms with Crippen molar-refractivity contribution < 1.29 is 18.1 Å². The van der Waals surface area contributed by atoms with Gasteiger partial charge in [-0.25, -0.2) is 14.3 Å². The van der Waals surface area contributed by atoms with Gasteiger partial charge in [0.1, 0.15) is 5.69 Å². The van der Waals surface area contributed by atoms with E-state index in [9.17, 15) is 14.2 Å². The molecule has 0 spiro atoms. The summed E-state index contributed by atoms with van der Waals surface area (Å²) in [5.41, 5.74) is -0.246. The third kappa shape index (κ3) is 5.56. The number of phosphoric acid groups is 1. The molecule has 0 N–H and O–H groups in total. The number of phosphoric ester groups is 1. The van der Waals surface area contributed by atoms with Crippen molar-refractivity contribution in [2.45, 2.75) is 76.4 Å². The molecule has 198 valence electrons. The molecule has 37 heavy (non-hydrogen) atoms. The number of benzene rings is 1. The smallest absolute Gasteiger partial charge is 0.383 e. The predicted octanol–water partition coefficient (Wildman–Crippen LogP) is 4.88. The average molecular weight is 529 g/mol. The Morgan fingerprint density at radius 2 is 1.38 bits per heavy atom. The van der Waals surface area contributed by atoms with Crippen molar-refractivity contribution in [1.82, 2.24) is 19.1 Å². The van der Waals surface area contributed by atoms with E-state index in [0.717, 1.165) is 68.8 Å². The first-order valence-corrected chi connectivity index (χ1v) is 14.5. The highest BCUT2D eigenvalue weighted by molar-refractivity contribution is 7.49. The maximum atomic E-state index is 14.2. The van der Waals surface area contributed by atoms with Gasteiger partial charge >= 0.3 is 13.5 Å². The molecule has 11 heteroatoms. The van der Waals surface area contributed by atoms with Crippen molar-refractivity contribution in [3.63, 3.8) is 0 Å². The molecule has 5 rings (SSSR count). The molecule has 1 aromatic carbocycles. The van der Waals surface area contributed by atoms with Gasteiger partial charge in [0.05, 0.1) is 12.2 Å². The summed E-state index contributed by atoms with van der Waals surface area (Å²) < 4.78 is 34.7. The van der Waals surface area contributed by atoms with E-state index in [1.165, 1.54) is 18.7 Å². The van der Waals surface area contributed by atoms with Gasteiger partial charge in [-0.15, -0.1) is 0 Å². The van der Waals surface area contributed by atoms with Crippen LogP contribution in [0.3, 0.4) is 0 Å². The Morgan fingerprint density at radius 1 is 0.811 bits per heavy atom. The monoisotopic (exact) mass is 528 g/mol. The summed E-state index contributed by atoms with van der Waals surface area (Å²) in [7, 11) is -1.23. The maximum Gasteiger partial charge on any atom is 0.531 e. The summed E-state index contributed by atoms with van der Waals surface area (Å²) in [6.07, 6.45) is 8.83. The van der Waals surface area contributed by atoms with Crippen molar-refractivity contribution in [1.29, 1.82) is 0 Å². The zero-order valence-corrected chi connectivity index (χ0v) is 22.2. The minimum Gasteiger partial charge on any atom is -0.383 e. The Balaban J connectivity index is 1.62. The van der Waals surface area contributed by atoms with Crippen LogP contribution in [0.5, 0.6) is 5.88 Å². The number of aryl methyl sites for hydroxylation is 1. The lowest BCUT2D eigenvalue weighted by atomic mass is 9.98. The molecule has 0 radical (unpaired) electrons. The van der Waals surface area contributed by atoms with E-state index in [1.54, 1.807) is 12.1 Å². The van der Waals surface area contributed by atoms with E-state index in [0.29, 0.717) is 5.56 Å². The van der Waals surface area contributed by atoms with E-state index in [-0.39, 0.29) is 34.9 Å². The van der Waals surface area contributed by atoms with Gasteiger partial charge in [-0.3, -0.25) is 23.0 Å². The van der Waals surface area contributed by atoms with Crippen LogP contribution < -0.4 is 15.8 Å². The van der Waals surface area contributed by atoms with Gasteiger partial charge in [0.2, 0.25) is 0 Å². The highest BCUT2D eigenvalue weighted by Gasteiger charge is 2.38. The lowest BCUT2D eigenvalue weighted by Gasteiger charge is -2.30. The third-order valence-corrected chi connectivity index (χ3v) is 8.66. The van der Waals surface area contributed by atoms with E-state index in [2.05, 4.69) is 9.97 Å². The number of aromatic nitrogens is 4. The number of hydrogen-bond acceptors (Lipinski definition) is 8. The molecule has 0 aliphatic heterocycles. The molecule has 2 aliphatic carbocycles. The topological polar surface area (TPSA) is 115 Å². The van der Waals surface area contributed by atoms with Crippen LogP contribution in [0.25, 0.3) is 22.4 Å². The zero-order valence-electron chi connectivity index (χ0n) is 21.3. The first kappa shape index (κ1) is 25.8. The standard InChI is InChI=1S/C26H33N4O6P/c1-29-23-22(25(31)30(2)26(29)32)27-21(18-12-6-3-7-13-18)24(28-23)36-37(33,34-19-14-8-4-9-15-19)35-20-16-10-5-11-17-20/h3,6-7,12-13,19-20H,4-5,8-11,14-17H2,1-2H3. The summed E-state index contributed by atoms with van der Waals surface area (Å²) in [5.74, 6) is -0.100. The second-order valence-corrected chi connectivity index (χ2v) is 11.4. The Morgan fingerprint density at radius 3 is 1.95 bits per heavy atom. The van der Waals surface area contributed by atoms with E-state index in [1.807, 2.05) is 18.2 Å². The van der Waals surface area contributed by atoms with Gasteiger partial charge < -0.3 is 4.52 Å². The molecule has 3 aromatic rings.